The van der Waals surface area contributed by atoms with Crippen molar-refractivity contribution in [3.63, 3.8) is 0 Å². The highest BCUT2D eigenvalue weighted by atomic mass is 16.5. The maximum Gasteiger partial charge on any atom is 0.305 e. The molecule has 0 fully saturated rings. The van der Waals surface area contributed by atoms with Crippen LogP contribution >= 0.6 is 0 Å². The fourth-order valence-corrected chi connectivity index (χ4v) is 0.948. The number of carbonyl (C=O) groups is 1. The van der Waals surface area contributed by atoms with Crippen LogP contribution in [0, 0.1) is 0 Å². The maximum atomic E-state index is 10.8. The monoisotopic (exact) mass is 192 g/mol. The number of carbonyl (C=O) groups excluding carboxylic acids is 1. The Morgan fingerprint density at radius 1 is 1.57 bits per heavy atom. The van der Waals surface area contributed by atoms with Gasteiger partial charge in [0, 0.05) is 18.8 Å². The van der Waals surface area contributed by atoms with Crippen LogP contribution in [-0.2, 0) is 16.0 Å². The van der Waals surface area contributed by atoms with Gasteiger partial charge in [0.05, 0.1) is 7.11 Å². The summed E-state index contributed by atoms with van der Waals surface area (Å²) in [6.45, 7) is 3.55. The SMILES string of the molecule is C=Cc1ncc(CCC(=O)OC)cn1. The summed E-state index contributed by atoms with van der Waals surface area (Å²) in [6.07, 6.45) is 5.90. The number of hydrogen-bond donors (Lipinski definition) is 0. The fraction of sp³-hybridized carbons (Fsp3) is 0.300. The van der Waals surface area contributed by atoms with Crippen molar-refractivity contribution in [3.05, 3.63) is 30.4 Å². The summed E-state index contributed by atoms with van der Waals surface area (Å²) in [5, 5.41) is 0. The summed E-state index contributed by atoms with van der Waals surface area (Å²) >= 11 is 0. The van der Waals surface area contributed by atoms with Crippen molar-refractivity contribution in [3.8, 4) is 0 Å². The topological polar surface area (TPSA) is 52.1 Å². The third-order valence-corrected chi connectivity index (χ3v) is 1.75. The lowest BCUT2D eigenvalue weighted by atomic mass is 10.2. The van der Waals surface area contributed by atoms with Crippen LogP contribution in [0.3, 0.4) is 0 Å². The first-order valence-corrected chi connectivity index (χ1v) is 4.26. The van der Waals surface area contributed by atoms with Gasteiger partial charge in [0.1, 0.15) is 0 Å². The second-order valence-electron chi connectivity index (χ2n) is 2.73. The first kappa shape index (κ1) is 10.4. The maximum absolute atomic E-state index is 10.8. The van der Waals surface area contributed by atoms with E-state index in [9.17, 15) is 4.79 Å². The smallest absolute Gasteiger partial charge is 0.305 e. The molecule has 1 rings (SSSR count). The van der Waals surface area contributed by atoms with E-state index in [4.69, 9.17) is 0 Å². The molecule has 0 unspecified atom stereocenters. The second kappa shape index (κ2) is 5.11. The van der Waals surface area contributed by atoms with Gasteiger partial charge < -0.3 is 4.74 Å². The standard InChI is InChI=1S/C10H12N2O2/c1-3-9-11-6-8(7-12-9)4-5-10(13)14-2/h3,6-7H,1,4-5H2,2H3. The number of esters is 1. The molecule has 4 nitrogen and oxygen atoms in total. The van der Waals surface area contributed by atoms with E-state index < -0.39 is 0 Å². The van der Waals surface area contributed by atoms with E-state index in [0.29, 0.717) is 18.7 Å². The van der Waals surface area contributed by atoms with Crippen molar-refractivity contribution >= 4 is 12.0 Å². The van der Waals surface area contributed by atoms with Gasteiger partial charge in [-0.1, -0.05) is 6.58 Å². The number of aryl methyl sites for hydroxylation is 1. The Morgan fingerprint density at radius 3 is 2.71 bits per heavy atom. The zero-order valence-corrected chi connectivity index (χ0v) is 8.06. The van der Waals surface area contributed by atoms with E-state index in [-0.39, 0.29) is 5.97 Å². The zero-order chi connectivity index (χ0) is 10.4. The molecule has 0 saturated heterocycles. The molecule has 74 valence electrons. The first-order valence-electron chi connectivity index (χ1n) is 4.26. The molecule has 0 radical (unpaired) electrons. The number of ether oxygens (including phenoxy) is 1. The van der Waals surface area contributed by atoms with Crippen LogP contribution in [0.1, 0.15) is 17.8 Å². The normalized spacial score (nSPS) is 9.50. The predicted molar refractivity (Wildman–Crippen MR) is 52.5 cm³/mol. The van der Waals surface area contributed by atoms with Gasteiger partial charge in [0.25, 0.3) is 0 Å². The summed E-state index contributed by atoms with van der Waals surface area (Å²) in [5.74, 6) is 0.365. The van der Waals surface area contributed by atoms with Crippen LogP contribution in [0.4, 0.5) is 0 Å². The third kappa shape index (κ3) is 2.97. The molecule has 0 aliphatic rings. The van der Waals surface area contributed by atoms with Gasteiger partial charge in [-0.2, -0.15) is 0 Å². The van der Waals surface area contributed by atoms with Crippen molar-refractivity contribution in [2.45, 2.75) is 12.8 Å². The van der Waals surface area contributed by atoms with E-state index in [2.05, 4.69) is 21.3 Å². The van der Waals surface area contributed by atoms with Gasteiger partial charge >= 0.3 is 5.97 Å². The highest BCUT2D eigenvalue weighted by Crippen LogP contribution is 2.01. The number of hydrogen-bond acceptors (Lipinski definition) is 4. The summed E-state index contributed by atoms with van der Waals surface area (Å²) in [6, 6.07) is 0. The van der Waals surface area contributed by atoms with Gasteiger partial charge in [-0.3, -0.25) is 4.79 Å². The Labute approximate surface area is 82.6 Å². The molecule has 1 aromatic heterocycles. The fourth-order valence-electron chi connectivity index (χ4n) is 0.948. The van der Waals surface area contributed by atoms with E-state index in [1.165, 1.54) is 7.11 Å². The van der Waals surface area contributed by atoms with Crippen LogP contribution < -0.4 is 0 Å². The highest BCUT2D eigenvalue weighted by molar-refractivity contribution is 5.69. The quantitative estimate of drug-likeness (QED) is 0.673. The van der Waals surface area contributed by atoms with E-state index in [1.807, 2.05) is 0 Å². The minimum absolute atomic E-state index is 0.224. The number of aromatic nitrogens is 2. The molecule has 1 aromatic rings. The zero-order valence-electron chi connectivity index (χ0n) is 8.06. The van der Waals surface area contributed by atoms with Crippen molar-refractivity contribution < 1.29 is 9.53 Å². The van der Waals surface area contributed by atoms with Crippen molar-refractivity contribution in [2.24, 2.45) is 0 Å². The van der Waals surface area contributed by atoms with Gasteiger partial charge in [0.15, 0.2) is 5.82 Å². The lowest BCUT2D eigenvalue weighted by Crippen LogP contribution is -2.02. The Balaban J connectivity index is 2.51. The first-order chi connectivity index (χ1) is 6.76. The van der Waals surface area contributed by atoms with Gasteiger partial charge in [-0.25, -0.2) is 9.97 Å². The van der Waals surface area contributed by atoms with Crippen LogP contribution in [-0.4, -0.2) is 23.0 Å². The lowest BCUT2D eigenvalue weighted by molar-refractivity contribution is -0.140. The average molecular weight is 192 g/mol. The summed E-state index contributed by atoms with van der Waals surface area (Å²) in [7, 11) is 1.37. The van der Waals surface area contributed by atoms with E-state index >= 15 is 0 Å². The Morgan fingerprint density at radius 2 is 2.21 bits per heavy atom. The van der Waals surface area contributed by atoms with Crippen molar-refractivity contribution in [2.75, 3.05) is 7.11 Å². The van der Waals surface area contributed by atoms with Crippen LogP contribution in [0.25, 0.3) is 6.08 Å². The molecule has 0 amide bonds. The van der Waals surface area contributed by atoms with Crippen LogP contribution in [0.5, 0.6) is 0 Å². The summed E-state index contributed by atoms with van der Waals surface area (Å²) < 4.78 is 4.52. The minimum atomic E-state index is -0.224. The molecule has 0 aliphatic heterocycles. The molecule has 0 aromatic carbocycles. The van der Waals surface area contributed by atoms with E-state index in [0.717, 1.165) is 5.56 Å². The Hall–Kier alpha value is -1.71. The van der Waals surface area contributed by atoms with Crippen molar-refractivity contribution in [1.29, 1.82) is 0 Å². The Bertz CT molecular complexity index is 319. The van der Waals surface area contributed by atoms with Gasteiger partial charge in [0.2, 0.25) is 0 Å². The molecular formula is C10H12N2O2. The number of nitrogens with zero attached hydrogens (tertiary/aromatic N) is 2. The predicted octanol–water partition coefficient (Wildman–Crippen LogP) is 1.23. The highest BCUT2D eigenvalue weighted by Gasteiger charge is 2.01. The molecule has 0 spiro atoms. The molecule has 0 saturated carbocycles. The van der Waals surface area contributed by atoms with E-state index in [1.54, 1.807) is 18.5 Å². The molecule has 0 bridgehead atoms. The largest absolute Gasteiger partial charge is 0.469 e. The number of rotatable bonds is 4. The minimum Gasteiger partial charge on any atom is -0.469 e. The second-order valence-corrected chi connectivity index (χ2v) is 2.73. The molecule has 1 heterocycles. The molecular weight excluding hydrogens is 180 g/mol. The average Bonchev–Trinajstić information content (AvgIpc) is 2.26. The lowest BCUT2D eigenvalue weighted by Gasteiger charge is -1.99. The van der Waals surface area contributed by atoms with Gasteiger partial charge in [-0.15, -0.1) is 0 Å². The van der Waals surface area contributed by atoms with Crippen LogP contribution in [0.2, 0.25) is 0 Å². The summed E-state index contributed by atoms with van der Waals surface area (Å²) in [5.41, 5.74) is 0.918. The molecule has 0 atom stereocenters. The Kier molecular flexibility index (Phi) is 3.79. The molecule has 4 heteroatoms. The molecule has 14 heavy (non-hydrogen) atoms. The third-order valence-electron chi connectivity index (χ3n) is 1.75. The van der Waals surface area contributed by atoms with Crippen molar-refractivity contribution in [1.82, 2.24) is 9.97 Å². The summed E-state index contributed by atoms with van der Waals surface area (Å²) in [4.78, 5) is 18.9. The molecule has 0 aliphatic carbocycles. The number of methoxy groups -OCH3 is 1. The van der Waals surface area contributed by atoms with Crippen LogP contribution in [0.15, 0.2) is 19.0 Å². The van der Waals surface area contributed by atoms with Gasteiger partial charge in [-0.05, 0) is 18.1 Å². The molecule has 0 N–H and O–H groups in total.